The number of likely N-dealkylation sites (tertiary alicyclic amines) is 1. The molecule has 1 saturated heterocycles. The van der Waals surface area contributed by atoms with Gasteiger partial charge in [0.15, 0.2) is 0 Å². The van der Waals surface area contributed by atoms with Crippen LogP contribution in [0.4, 0.5) is 5.82 Å². The Morgan fingerprint density at radius 1 is 1.21 bits per heavy atom. The average Bonchev–Trinajstić information content (AvgIpc) is 2.96. The Bertz CT molecular complexity index is 375. The molecule has 1 aliphatic carbocycles. The van der Waals surface area contributed by atoms with Crippen molar-refractivity contribution < 1.29 is 0 Å². The lowest BCUT2D eigenvalue weighted by molar-refractivity contribution is 0.186. The Hall–Kier alpha value is -1.16. The molecule has 0 amide bonds. The number of nitrogens with zero attached hydrogens (tertiary/aromatic N) is 3. The normalized spacial score (nSPS) is 25.6. The molecule has 1 atom stereocenters. The molecule has 0 spiro atoms. The van der Waals surface area contributed by atoms with Crippen molar-refractivity contribution in [1.82, 2.24) is 14.9 Å². The van der Waals surface area contributed by atoms with Gasteiger partial charge in [-0.1, -0.05) is 19.3 Å². The Kier molecular flexibility index (Phi) is 4.28. The van der Waals surface area contributed by atoms with Crippen LogP contribution in [0.3, 0.4) is 0 Å². The van der Waals surface area contributed by atoms with Gasteiger partial charge in [-0.3, -0.25) is 0 Å². The van der Waals surface area contributed by atoms with E-state index in [1.165, 1.54) is 51.6 Å². The van der Waals surface area contributed by atoms with E-state index in [0.29, 0.717) is 0 Å². The van der Waals surface area contributed by atoms with Crippen molar-refractivity contribution >= 4 is 5.82 Å². The highest BCUT2D eigenvalue weighted by Crippen LogP contribution is 2.27. The van der Waals surface area contributed by atoms with Gasteiger partial charge in [-0.25, -0.2) is 9.97 Å². The summed E-state index contributed by atoms with van der Waals surface area (Å²) in [4.78, 5) is 10.9. The van der Waals surface area contributed by atoms with Gasteiger partial charge in [0.2, 0.25) is 0 Å². The van der Waals surface area contributed by atoms with Crippen molar-refractivity contribution in [3.05, 3.63) is 18.6 Å². The molecule has 19 heavy (non-hydrogen) atoms. The van der Waals surface area contributed by atoms with Gasteiger partial charge in [0.05, 0.1) is 0 Å². The SMILES string of the molecule is c1cc(NC[C@@H]2CCN(C3CCCCC3)C2)ncn1. The predicted molar refractivity (Wildman–Crippen MR) is 77.1 cm³/mol. The molecule has 0 aromatic carbocycles. The summed E-state index contributed by atoms with van der Waals surface area (Å²) >= 11 is 0. The van der Waals surface area contributed by atoms with Crippen LogP contribution in [-0.2, 0) is 0 Å². The number of anilines is 1. The second-order valence-electron chi connectivity index (χ2n) is 5.92. The van der Waals surface area contributed by atoms with Gasteiger partial charge in [-0.05, 0) is 37.8 Å². The summed E-state index contributed by atoms with van der Waals surface area (Å²) in [5, 5.41) is 3.43. The second kappa shape index (κ2) is 6.33. The van der Waals surface area contributed by atoms with Crippen molar-refractivity contribution in [2.45, 2.75) is 44.6 Å². The number of hydrogen-bond acceptors (Lipinski definition) is 4. The molecule has 0 unspecified atom stereocenters. The molecule has 1 aliphatic heterocycles. The molecule has 1 N–H and O–H groups in total. The smallest absolute Gasteiger partial charge is 0.129 e. The van der Waals surface area contributed by atoms with Crippen LogP contribution in [0.1, 0.15) is 38.5 Å². The standard InChI is InChI=1S/C15H24N4/c1-2-4-14(5-3-1)19-9-7-13(11-19)10-17-15-6-8-16-12-18-15/h6,8,12-14H,1-5,7,9-11H2,(H,16,17,18)/t13-/m0/s1. The molecule has 0 bridgehead atoms. The number of rotatable bonds is 4. The van der Waals surface area contributed by atoms with Gasteiger partial charge in [0, 0.05) is 25.3 Å². The highest BCUT2D eigenvalue weighted by atomic mass is 15.2. The molecule has 3 rings (SSSR count). The van der Waals surface area contributed by atoms with Crippen LogP contribution in [0.2, 0.25) is 0 Å². The first-order valence-electron chi connectivity index (χ1n) is 7.66. The fourth-order valence-corrected chi connectivity index (χ4v) is 3.45. The van der Waals surface area contributed by atoms with Gasteiger partial charge >= 0.3 is 0 Å². The van der Waals surface area contributed by atoms with Crippen LogP contribution in [0.5, 0.6) is 0 Å². The van der Waals surface area contributed by atoms with Gasteiger partial charge < -0.3 is 10.2 Å². The summed E-state index contributed by atoms with van der Waals surface area (Å²) < 4.78 is 0. The average molecular weight is 260 g/mol. The fourth-order valence-electron chi connectivity index (χ4n) is 3.45. The number of nitrogens with one attached hydrogen (secondary N) is 1. The fraction of sp³-hybridized carbons (Fsp3) is 0.733. The molecule has 1 aromatic heterocycles. The topological polar surface area (TPSA) is 41.0 Å². The molecular formula is C15H24N4. The summed E-state index contributed by atoms with van der Waals surface area (Å²) in [7, 11) is 0. The molecule has 4 nitrogen and oxygen atoms in total. The molecule has 2 heterocycles. The Morgan fingerprint density at radius 3 is 2.89 bits per heavy atom. The maximum atomic E-state index is 4.21. The van der Waals surface area contributed by atoms with Crippen molar-refractivity contribution in [2.24, 2.45) is 5.92 Å². The van der Waals surface area contributed by atoms with E-state index in [9.17, 15) is 0 Å². The Morgan fingerprint density at radius 2 is 2.11 bits per heavy atom. The Balaban J connectivity index is 1.44. The van der Waals surface area contributed by atoms with Crippen LogP contribution in [0.25, 0.3) is 0 Å². The second-order valence-corrected chi connectivity index (χ2v) is 5.92. The largest absolute Gasteiger partial charge is 0.370 e. The maximum absolute atomic E-state index is 4.21. The van der Waals surface area contributed by atoms with Gasteiger partial charge in [-0.15, -0.1) is 0 Å². The number of aromatic nitrogens is 2. The van der Waals surface area contributed by atoms with E-state index in [1.54, 1.807) is 12.5 Å². The zero-order valence-electron chi connectivity index (χ0n) is 11.6. The predicted octanol–water partition coefficient (Wildman–Crippen LogP) is 2.54. The van der Waals surface area contributed by atoms with Crippen molar-refractivity contribution in [3.63, 3.8) is 0 Å². The third-order valence-electron chi connectivity index (χ3n) is 4.56. The summed E-state index contributed by atoms with van der Waals surface area (Å²) in [6.07, 6.45) is 11.9. The van der Waals surface area contributed by atoms with Crippen LogP contribution in [-0.4, -0.2) is 40.5 Å². The van der Waals surface area contributed by atoms with Crippen molar-refractivity contribution in [1.29, 1.82) is 0 Å². The van der Waals surface area contributed by atoms with Crippen LogP contribution in [0, 0.1) is 5.92 Å². The molecule has 104 valence electrons. The third-order valence-corrected chi connectivity index (χ3v) is 4.56. The summed E-state index contributed by atoms with van der Waals surface area (Å²) in [6, 6.07) is 2.81. The van der Waals surface area contributed by atoms with E-state index in [4.69, 9.17) is 0 Å². The quantitative estimate of drug-likeness (QED) is 0.903. The van der Waals surface area contributed by atoms with E-state index < -0.39 is 0 Å². The lowest BCUT2D eigenvalue weighted by Crippen LogP contribution is -2.35. The highest BCUT2D eigenvalue weighted by Gasteiger charge is 2.28. The molecule has 4 heteroatoms. The molecule has 2 aliphatic rings. The lowest BCUT2D eigenvalue weighted by Gasteiger charge is -2.31. The molecule has 0 radical (unpaired) electrons. The first kappa shape index (κ1) is 12.9. The van der Waals surface area contributed by atoms with Gasteiger partial charge in [-0.2, -0.15) is 0 Å². The zero-order chi connectivity index (χ0) is 12.9. The van der Waals surface area contributed by atoms with Crippen LogP contribution in [0.15, 0.2) is 18.6 Å². The molecule has 1 saturated carbocycles. The lowest BCUT2D eigenvalue weighted by atomic mass is 9.94. The molecular weight excluding hydrogens is 236 g/mol. The van der Waals surface area contributed by atoms with E-state index in [1.807, 2.05) is 6.07 Å². The van der Waals surface area contributed by atoms with E-state index in [-0.39, 0.29) is 0 Å². The van der Waals surface area contributed by atoms with Crippen molar-refractivity contribution in [2.75, 3.05) is 25.0 Å². The minimum absolute atomic E-state index is 0.775. The first-order chi connectivity index (χ1) is 9.42. The van der Waals surface area contributed by atoms with Gasteiger partial charge in [0.25, 0.3) is 0 Å². The van der Waals surface area contributed by atoms with E-state index in [2.05, 4.69) is 20.2 Å². The summed E-state index contributed by atoms with van der Waals surface area (Å²) in [6.45, 7) is 3.60. The van der Waals surface area contributed by atoms with Crippen LogP contribution < -0.4 is 5.32 Å². The maximum Gasteiger partial charge on any atom is 0.129 e. The van der Waals surface area contributed by atoms with E-state index in [0.717, 1.165) is 24.3 Å². The minimum atomic E-state index is 0.775. The monoisotopic (exact) mass is 260 g/mol. The van der Waals surface area contributed by atoms with Crippen molar-refractivity contribution in [3.8, 4) is 0 Å². The summed E-state index contributed by atoms with van der Waals surface area (Å²) in [5.41, 5.74) is 0. The van der Waals surface area contributed by atoms with E-state index >= 15 is 0 Å². The Labute approximate surface area is 115 Å². The summed E-state index contributed by atoms with van der Waals surface area (Å²) in [5.74, 6) is 1.73. The molecule has 2 fully saturated rings. The zero-order valence-corrected chi connectivity index (χ0v) is 11.6. The molecule has 1 aromatic rings. The minimum Gasteiger partial charge on any atom is -0.370 e. The first-order valence-corrected chi connectivity index (χ1v) is 7.66. The number of hydrogen-bond donors (Lipinski definition) is 1. The van der Waals surface area contributed by atoms with Gasteiger partial charge in [0.1, 0.15) is 12.1 Å². The highest BCUT2D eigenvalue weighted by molar-refractivity contribution is 5.31. The third kappa shape index (κ3) is 3.44. The van der Waals surface area contributed by atoms with Crippen LogP contribution >= 0.6 is 0 Å².